The Hall–Kier alpha value is -2.12. The van der Waals surface area contributed by atoms with Gasteiger partial charge >= 0.3 is 5.69 Å². The number of nitrogens with zero attached hydrogens (tertiary/aromatic N) is 3. The van der Waals surface area contributed by atoms with Crippen molar-refractivity contribution >= 4 is 11.7 Å². The van der Waals surface area contributed by atoms with Crippen LogP contribution in [0.2, 0.25) is 0 Å². The molecule has 1 amide bonds. The number of aromatic nitrogens is 3. The standard InChI is InChI=1S/C11H17N5O3/c1-6(9(17)13-7-4-5-7)12-8-10(18)15(2)11(19)16(3)14-8/h6-7H,4-5H2,1-3H3,(H,12,14)(H,13,17). The molecule has 1 aromatic rings. The van der Waals surface area contributed by atoms with Gasteiger partial charge in [0.05, 0.1) is 0 Å². The molecule has 1 unspecified atom stereocenters. The highest BCUT2D eigenvalue weighted by Gasteiger charge is 2.26. The van der Waals surface area contributed by atoms with E-state index in [0.717, 1.165) is 22.1 Å². The highest BCUT2D eigenvalue weighted by Crippen LogP contribution is 2.18. The van der Waals surface area contributed by atoms with Gasteiger partial charge in [-0.15, -0.1) is 5.10 Å². The van der Waals surface area contributed by atoms with Crippen LogP contribution in [-0.4, -0.2) is 32.3 Å². The number of rotatable bonds is 4. The second-order valence-electron chi connectivity index (χ2n) is 4.77. The molecule has 8 heteroatoms. The minimum absolute atomic E-state index is 0.0111. The van der Waals surface area contributed by atoms with Gasteiger partial charge in [0.15, 0.2) is 0 Å². The van der Waals surface area contributed by atoms with Gasteiger partial charge in [-0.25, -0.2) is 9.48 Å². The Morgan fingerprint density at radius 2 is 2.00 bits per heavy atom. The molecule has 8 nitrogen and oxygen atoms in total. The highest BCUT2D eigenvalue weighted by molar-refractivity contribution is 5.84. The maximum absolute atomic E-state index is 11.8. The van der Waals surface area contributed by atoms with E-state index in [1.54, 1.807) is 6.92 Å². The van der Waals surface area contributed by atoms with E-state index in [9.17, 15) is 14.4 Å². The van der Waals surface area contributed by atoms with Gasteiger partial charge in [0.2, 0.25) is 11.7 Å². The van der Waals surface area contributed by atoms with E-state index in [2.05, 4.69) is 15.7 Å². The van der Waals surface area contributed by atoms with Crippen molar-refractivity contribution < 1.29 is 4.79 Å². The van der Waals surface area contributed by atoms with Crippen LogP contribution in [0.4, 0.5) is 5.82 Å². The normalized spacial score (nSPS) is 15.9. The van der Waals surface area contributed by atoms with Crippen LogP contribution in [0.1, 0.15) is 19.8 Å². The SMILES string of the molecule is CC(Nc1nn(C)c(=O)n(C)c1=O)C(=O)NC1CC1. The molecular formula is C11H17N5O3. The summed E-state index contributed by atoms with van der Waals surface area (Å²) in [7, 11) is 2.81. The second kappa shape index (κ2) is 4.87. The van der Waals surface area contributed by atoms with Crippen LogP contribution in [0.3, 0.4) is 0 Å². The summed E-state index contributed by atoms with van der Waals surface area (Å²) >= 11 is 0. The molecule has 19 heavy (non-hydrogen) atoms. The van der Waals surface area contributed by atoms with Crippen LogP contribution in [0, 0.1) is 0 Å². The Bertz CT molecular complexity index is 614. The lowest BCUT2D eigenvalue weighted by Gasteiger charge is -2.14. The molecule has 1 aromatic heterocycles. The molecule has 1 atom stereocenters. The van der Waals surface area contributed by atoms with Crippen LogP contribution in [-0.2, 0) is 18.9 Å². The fourth-order valence-corrected chi connectivity index (χ4v) is 1.61. The number of hydrogen-bond donors (Lipinski definition) is 2. The highest BCUT2D eigenvalue weighted by atomic mass is 16.2. The molecule has 2 N–H and O–H groups in total. The van der Waals surface area contributed by atoms with Gasteiger partial charge in [-0.2, -0.15) is 0 Å². The molecular weight excluding hydrogens is 250 g/mol. The maximum Gasteiger partial charge on any atom is 0.346 e. The molecule has 1 fully saturated rings. The molecule has 104 valence electrons. The zero-order valence-electron chi connectivity index (χ0n) is 11.1. The van der Waals surface area contributed by atoms with Crippen molar-refractivity contribution in [3.63, 3.8) is 0 Å². The zero-order chi connectivity index (χ0) is 14.2. The van der Waals surface area contributed by atoms with Gasteiger partial charge in [0.25, 0.3) is 5.56 Å². The Morgan fingerprint density at radius 3 is 2.58 bits per heavy atom. The average Bonchev–Trinajstić information content (AvgIpc) is 3.17. The Balaban J connectivity index is 2.16. The van der Waals surface area contributed by atoms with Crippen molar-refractivity contribution in [3.8, 4) is 0 Å². The molecule has 1 saturated carbocycles. The number of nitrogens with one attached hydrogen (secondary N) is 2. The summed E-state index contributed by atoms with van der Waals surface area (Å²) in [4.78, 5) is 35.1. The molecule has 0 spiro atoms. The van der Waals surface area contributed by atoms with Crippen LogP contribution >= 0.6 is 0 Å². The summed E-state index contributed by atoms with van der Waals surface area (Å²) in [6.45, 7) is 1.64. The molecule has 1 aliphatic rings. The van der Waals surface area contributed by atoms with Crippen molar-refractivity contribution in [1.29, 1.82) is 0 Å². The first-order valence-electron chi connectivity index (χ1n) is 6.11. The summed E-state index contributed by atoms with van der Waals surface area (Å²) in [5.41, 5.74) is -1.06. The van der Waals surface area contributed by atoms with E-state index >= 15 is 0 Å². The Labute approximate surface area is 109 Å². The van der Waals surface area contributed by atoms with Crippen LogP contribution in [0.5, 0.6) is 0 Å². The number of amides is 1. The third-order valence-corrected chi connectivity index (χ3v) is 2.99. The van der Waals surface area contributed by atoms with Gasteiger partial charge in [-0.05, 0) is 19.8 Å². The molecule has 1 aliphatic carbocycles. The zero-order valence-corrected chi connectivity index (χ0v) is 11.1. The fourth-order valence-electron chi connectivity index (χ4n) is 1.61. The summed E-state index contributed by atoms with van der Waals surface area (Å²) < 4.78 is 2.00. The summed E-state index contributed by atoms with van der Waals surface area (Å²) in [6, 6.07) is -0.328. The monoisotopic (exact) mass is 267 g/mol. The number of hydrogen-bond acceptors (Lipinski definition) is 5. The lowest BCUT2D eigenvalue weighted by Crippen LogP contribution is -2.44. The quantitative estimate of drug-likeness (QED) is 0.696. The number of carbonyl (C=O) groups is 1. The number of aryl methyl sites for hydroxylation is 1. The van der Waals surface area contributed by atoms with Crippen molar-refractivity contribution in [2.75, 3.05) is 5.32 Å². The van der Waals surface area contributed by atoms with E-state index in [1.165, 1.54) is 14.1 Å². The topological polar surface area (TPSA) is 98.0 Å². The number of anilines is 1. The molecule has 0 saturated heterocycles. The lowest BCUT2D eigenvalue weighted by molar-refractivity contribution is -0.121. The van der Waals surface area contributed by atoms with Gasteiger partial charge in [-0.1, -0.05) is 0 Å². The van der Waals surface area contributed by atoms with Crippen LogP contribution in [0.25, 0.3) is 0 Å². The minimum Gasteiger partial charge on any atom is -0.353 e. The van der Waals surface area contributed by atoms with Gasteiger partial charge in [-0.3, -0.25) is 14.2 Å². The first-order valence-corrected chi connectivity index (χ1v) is 6.11. The third kappa shape index (κ3) is 2.83. The second-order valence-corrected chi connectivity index (χ2v) is 4.77. The van der Waals surface area contributed by atoms with Gasteiger partial charge in [0.1, 0.15) is 6.04 Å². The van der Waals surface area contributed by atoms with E-state index in [1.807, 2.05) is 0 Å². The molecule has 0 aliphatic heterocycles. The first kappa shape index (κ1) is 13.3. The van der Waals surface area contributed by atoms with Crippen molar-refractivity contribution in [1.82, 2.24) is 19.7 Å². The number of carbonyl (C=O) groups excluding carboxylic acids is 1. The maximum atomic E-state index is 11.8. The van der Waals surface area contributed by atoms with Crippen molar-refractivity contribution in [2.24, 2.45) is 14.1 Å². The van der Waals surface area contributed by atoms with Crippen molar-refractivity contribution in [2.45, 2.75) is 31.8 Å². The fraction of sp³-hybridized carbons (Fsp3) is 0.636. The summed E-state index contributed by atoms with van der Waals surface area (Å²) in [5.74, 6) is -0.191. The predicted octanol–water partition coefficient (Wildman–Crippen LogP) is -1.44. The largest absolute Gasteiger partial charge is 0.353 e. The first-order chi connectivity index (χ1) is 8.90. The molecule has 0 radical (unpaired) electrons. The molecule has 1 heterocycles. The summed E-state index contributed by atoms with van der Waals surface area (Å²) in [5, 5.41) is 9.39. The minimum atomic E-state index is -0.585. The lowest BCUT2D eigenvalue weighted by atomic mass is 10.3. The van der Waals surface area contributed by atoms with Gasteiger partial charge < -0.3 is 10.6 Å². The predicted molar refractivity (Wildman–Crippen MR) is 69.0 cm³/mol. The average molecular weight is 267 g/mol. The third-order valence-electron chi connectivity index (χ3n) is 2.99. The van der Waals surface area contributed by atoms with Crippen molar-refractivity contribution in [3.05, 3.63) is 20.8 Å². The Morgan fingerprint density at radius 1 is 1.37 bits per heavy atom. The molecule has 0 aromatic carbocycles. The van der Waals surface area contributed by atoms with E-state index < -0.39 is 17.3 Å². The van der Waals surface area contributed by atoms with Gasteiger partial charge in [0, 0.05) is 20.1 Å². The summed E-state index contributed by atoms with van der Waals surface area (Å²) in [6.07, 6.45) is 2.00. The molecule has 0 bridgehead atoms. The van der Waals surface area contributed by atoms with E-state index in [4.69, 9.17) is 0 Å². The Kier molecular flexibility index (Phi) is 3.41. The van der Waals surface area contributed by atoms with Crippen LogP contribution in [0.15, 0.2) is 9.59 Å². The molecule has 2 rings (SSSR count). The van der Waals surface area contributed by atoms with E-state index in [0.29, 0.717) is 0 Å². The smallest absolute Gasteiger partial charge is 0.346 e. The van der Waals surface area contributed by atoms with E-state index in [-0.39, 0.29) is 17.8 Å². The van der Waals surface area contributed by atoms with Crippen LogP contribution < -0.4 is 21.9 Å².